The van der Waals surface area contributed by atoms with Gasteiger partial charge in [0.15, 0.2) is 11.5 Å². The van der Waals surface area contributed by atoms with Gasteiger partial charge in [-0.25, -0.2) is 0 Å². The maximum Gasteiger partial charge on any atom is 0.158 e. The van der Waals surface area contributed by atoms with Gasteiger partial charge in [0.05, 0.1) is 26.3 Å². The number of nitrogens with one attached hydrogen (secondary N) is 1. The summed E-state index contributed by atoms with van der Waals surface area (Å²) >= 11 is 0. The monoisotopic (exact) mass is 194 g/mol. The van der Waals surface area contributed by atoms with Crippen LogP contribution >= 0.6 is 0 Å². The fourth-order valence-corrected chi connectivity index (χ4v) is 1.70. The van der Waals surface area contributed by atoms with Crippen LogP contribution in [0.2, 0.25) is 0 Å². The lowest BCUT2D eigenvalue weighted by Gasteiger charge is -2.28. The molecule has 0 saturated heterocycles. The summed E-state index contributed by atoms with van der Waals surface area (Å²) in [5.74, 6) is 1.54. The second kappa shape index (κ2) is 3.84. The Bertz CT molecular complexity index is 307. The molecule has 0 unspecified atom stereocenters. The molecule has 0 fully saturated rings. The van der Waals surface area contributed by atoms with E-state index in [4.69, 9.17) is 9.47 Å². The van der Waals surface area contributed by atoms with E-state index in [1.54, 1.807) is 14.2 Å². The Morgan fingerprint density at radius 1 is 1.29 bits per heavy atom. The first-order chi connectivity index (χ1) is 6.85. The minimum absolute atomic E-state index is 0.137. The van der Waals surface area contributed by atoms with Crippen molar-refractivity contribution in [2.24, 2.45) is 4.99 Å². The molecule has 2 rings (SSSR count). The molecule has 76 valence electrons. The lowest BCUT2D eigenvalue weighted by Crippen LogP contribution is -2.43. The average Bonchev–Trinajstić information content (AvgIpc) is 2.27. The van der Waals surface area contributed by atoms with E-state index in [2.05, 4.69) is 10.3 Å². The molecular formula is C10H14N2O2. The predicted molar refractivity (Wildman–Crippen MR) is 54.3 cm³/mol. The predicted octanol–water partition coefficient (Wildman–Crippen LogP) is 0.472. The van der Waals surface area contributed by atoms with Gasteiger partial charge < -0.3 is 14.8 Å². The highest BCUT2D eigenvalue weighted by Gasteiger charge is 2.26. The van der Waals surface area contributed by atoms with Gasteiger partial charge in [0.25, 0.3) is 0 Å². The van der Waals surface area contributed by atoms with Crippen molar-refractivity contribution in [1.82, 2.24) is 5.32 Å². The van der Waals surface area contributed by atoms with E-state index in [-0.39, 0.29) is 12.1 Å². The number of hydrogen-bond acceptors (Lipinski definition) is 4. The van der Waals surface area contributed by atoms with Gasteiger partial charge in [-0.3, -0.25) is 4.99 Å². The van der Waals surface area contributed by atoms with Crippen LogP contribution in [0.5, 0.6) is 0 Å². The summed E-state index contributed by atoms with van der Waals surface area (Å²) in [6.45, 7) is 0.810. The first kappa shape index (κ1) is 9.27. The summed E-state index contributed by atoms with van der Waals surface area (Å²) in [5, 5.41) is 3.32. The van der Waals surface area contributed by atoms with Gasteiger partial charge >= 0.3 is 0 Å². The highest BCUT2D eigenvalue weighted by atomic mass is 16.5. The molecule has 1 aliphatic heterocycles. The highest BCUT2D eigenvalue weighted by molar-refractivity contribution is 5.62. The number of rotatable bonds is 2. The van der Waals surface area contributed by atoms with Crippen LogP contribution in [0, 0.1) is 0 Å². The Hall–Kier alpha value is -1.29. The Morgan fingerprint density at radius 2 is 2.00 bits per heavy atom. The molecular weight excluding hydrogens is 180 g/mol. The van der Waals surface area contributed by atoms with Crippen LogP contribution in [-0.4, -0.2) is 39.1 Å². The fourth-order valence-electron chi connectivity index (χ4n) is 1.70. The Morgan fingerprint density at radius 3 is 2.71 bits per heavy atom. The van der Waals surface area contributed by atoms with Crippen LogP contribution in [0.25, 0.3) is 0 Å². The van der Waals surface area contributed by atoms with Crippen molar-refractivity contribution in [1.29, 1.82) is 0 Å². The quantitative estimate of drug-likeness (QED) is 0.695. The van der Waals surface area contributed by atoms with Crippen molar-refractivity contribution < 1.29 is 9.47 Å². The molecule has 4 nitrogen and oxygen atoms in total. The molecule has 4 heteroatoms. The van der Waals surface area contributed by atoms with Crippen LogP contribution in [-0.2, 0) is 9.47 Å². The normalized spacial score (nSPS) is 30.1. The van der Waals surface area contributed by atoms with E-state index < -0.39 is 0 Å². The summed E-state index contributed by atoms with van der Waals surface area (Å²) in [6.07, 6.45) is 5.88. The van der Waals surface area contributed by atoms with Crippen LogP contribution in [0.3, 0.4) is 0 Å². The molecule has 2 aliphatic rings. The van der Waals surface area contributed by atoms with Crippen LogP contribution in [0.1, 0.15) is 0 Å². The van der Waals surface area contributed by atoms with Gasteiger partial charge in [-0.1, -0.05) is 0 Å². The topological polar surface area (TPSA) is 42.8 Å². The van der Waals surface area contributed by atoms with Crippen molar-refractivity contribution in [3.8, 4) is 0 Å². The van der Waals surface area contributed by atoms with Gasteiger partial charge in [-0.05, 0) is 12.2 Å². The summed E-state index contributed by atoms with van der Waals surface area (Å²) in [6, 6.07) is 0.367. The summed E-state index contributed by atoms with van der Waals surface area (Å²) in [5.41, 5.74) is 0. The summed E-state index contributed by atoms with van der Waals surface area (Å²) in [7, 11) is 3.28. The molecule has 0 bridgehead atoms. The van der Waals surface area contributed by atoms with E-state index in [0.29, 0.717) is 0 Å². The van der Waals surface area contributed by atoms with Crippen LogP contribution in [0.15, 0.2) is 28.7 Å². The molecule has 1 heterocycles. The van der Waals surface area contributed by atoms with E-state index in [1.165, 1.54) is 0 Å². The molecule has 0 saturated carbocycles. The third kappa shape index (κ3) is 1.53. The first-order valence-corrected chi connectivity index (χ1v) is 4.62. The minimum Gasteiger partial charge on any atom is -0.493 e. The zero-order valence-corrected chi connectivity index (χ0v) is 8.36. The number of ether oxygens (including phenoxy) is 2. The van der Waals surface area contributed by atoms with Crippen molar-refractivity contribution in [2.45, 2.75) is 12.1 Å². The smallest absolute Gasteiger partial charge is 0.158 e. The lowest BCUT2D eigenvalue weighted by molar-refractivity contribution is 0.211. The third-order valence-corrected chi connectivity index (χ3v) is 2.43. The number of fused-ring (bicyclic) bond motifs is 1. The Kier molecular flexibility index (Phi) is 2.54. The molecule has 0 aromatic carbocycles. The Labute approximate surface area is 83.3 Å². The summed E-state index contributed by atoms with van der Waals surface area (Å²) < 4.78 is 10.4. The number of nitrogens with zero attached hydrogens (tertiary/aromatic N) is 1. The van der Waals surface area contributed by atoms with E-state index in [0.717, 1.165) is 18.1 Å². The summed E-state index contributed by atoms with van der Waals surface area (Å²) in [4.78, 5) is 4.37. The SMILES string of the molecule is COC1=C[C@@H]2NCC=N[C@@H]2C=C1OC. The molecule has 2 atom stereocenters. The average molecular weight is 194 g/mol. The van der Waals surface area contributed by atoms with Crippen molar-refractivity contribution in [3.05, 3.63) is 23.7 Å². The first-order valence-electron chi connectivity index (χ1n) is 4.62. The van der Waals surface area contributed by atoms with Crippen molar-refractivity contribution in [3.63, 3.8) is 0 Å². The van der Waals surface area contributed by atoms with E-state index >= 15 is 0 Å². The van der Waals surface area contributed by atoms with Crippen molar-refractivity contribution >= 4 is 6.21 Å². The van der Waals surface area contributed by atoms with Crippen molar-refractivity contribution in [2.75, 3.05) is 20.8 Å². The maximum atomic E-state index is 5.22. The largest absolute Gasteiger partial charge is 0.493 e. The molecule has 0 amide bonds. The highest BCUT2D eigenvalue weighted by Crippen LogP contribution is 2.22. The molecule has 0 aromatic rings. The van der Waals surface area contributed by atoms with E-state index in [9.17, 15) is 0 Å². The molecule has 1 N–H and O–H groups in total. The second-order valence-corrected chi connectivity index (χ2v) is 3.23. The third-order valence-electron chi connectivity index (χ3n) is 2.43. The van der Waals surface area contributed by atoms with Crippen LogP contribution in [0.4, 0.5) is 0 Å². The van der Waals surface area contributed by atoms with E-state index in [1.807, 2.05) is 18.4 Å². The molecule has 14 heavy (non-hydrogen) atoms. The second-order valence-electron chi connectivity index (χ2n) is 3.23. The number of methoxy groups -OCH3 is 2. The number of hydrogen-bond donors (Lipinski definition) is 1. The zero-order valence-electron chi connectivity index (χ0n) is 8.36. The van der Waals surface area contributed by atoms with Crippen LogP contribution < -0.4 is 5.32 Å². The molecule has 1 aliphatic carbocycles. The number of aliphatic imine (C=N–C) groups is 1. The minimum atomic E-state index is 0.137. The fraction of sp³-hybridized carbons (Fsp3) is 0.500. The Balaban J connectivity index is 2.26. The van der Waals surface area contributed by atoms with Gasteiger partial charge in [-0.15, -0.1) is 0 Å². The lowest BCUT2D eigenvalue weighted by atomic mass is 10.00. The zero-order chi connectivity index (χ0) is 9.97. The van der Waals surface area contributed by atoms with Gasteiger partial charge in [0.2, 0.25) is 0 Å². The van der Waals surface area contributed by atoms with Gasteiger partial charge in [-0.2, -0.15) is 0 Å². The van der Waals surface area contributed by atoms with Gasteiger partial charge in [0, 0.05) is 12.8 Å². The maximum absolute atomic E-state index is 5.22. The molecule has 0 aromatic heterocycles. The molecule has 0 radical (unpaired) electrons. The van der Waals surface area contributed by atoms with Gasteiger partial charge in [0.1, 0.15) is 0 Å². The molecule has 0 spiro atoms. The standard InChI is InChI=1S/C10H14N2O2/c1-13-9-5-7-8(6-10(9)14-2)12-4-3-11-7/h3,5-8,12H,4H2,1-2H3/t7-,8+/m1/s1.